The van der Waals surface area contributed by atoms with Crippen LogP contribution in [0.3, 0.4) is 0 Å². The van der Waals surface area contributed by atoms with E-state index in [1.165, 1.54) is 18.2 Å². The van der Waals surface area contributed by atoms with Gasteiger partial charge in [-0.2, -0.15) is 0 Å². The van der Waals surface area contributed by atoms with E-state index in [0.717, 1.165) is 28.7 Å². The van der Waals surface area contributed by atoms with Crippen LogP contribution in [-0.4, -0.2) is 57.5 Å². The van der Waals surface area contributed by atoms with Crippen LogP contribution in [0, 0.1) is 12.7 Å². The lowest BCUT2D eigenvalue weighted by molar-refractivity contribution is -0.113. The fraction of sp³-hybridized carbons (Fsp3) is 0.290. The summed E-state index contributed by atoms with van der Waals surface area (Å²) in [5.41, 5.74) is 1.44. The number of aryl methyl sites for hydroxylation is 1. The van der Waals surface area contributed by atoms with Gasteiger partial charge in [0.25, 0.3) is 5.91 Å². The quantitative estimate of drug-likeness (QED) is 0.141. The van der Waals surface area contributed by atoms with Gasteiger partial charge in [-0.3, -0.25) is 9.59 Å². The minimum Gasteiger partial charge on any atom is -0.462 e. The van der Waals surface area contributed by atoms with Crippen molar-refractivity contribution >= 4 is 51.9 Å². The third-order valence-corrected chi connectivity index (χ3v) is 8.61. The second-order valence-corrected chi connectivity index (χ2v) is 11.4. The topological polar surface area (TPSA) is 142 Å². The van der Waals surface area contributed by atoms with Gasteiger partial charge in [-0.15, -0.1) is 21.5 Å². The van der Waals surface area contributed by atoms with E-state index < -0.39 is 29.6 Å². The summed E-state index contributed by atoms with van der Waals surface area (Å²) in [6.45, 7) is 5.64. The molecule has 2 heterocycles. The zero-order chi connectivity index (χ0) is 32.3. The number of benzene rings is 2. The molecule has 2 aromatic heterocycles. The Balaban J connectivity index is 1.50. The molecule has 4 aromatic rings. The van der Waals surface area contributed by atoms with Gasteiger partial charge in [0.05, 0.1) is 36.6 Å². The van der Waals surface area contributed by atoms with Crippen LogP contribution in [0.5, 0.6) is 0 Å². The standard InChI is InChI=1S/C31H32FN5O6S2/c1-4-42-29(40)25-19(3)26(30(41)43-5-2)45-28(25)34-24(38)18-44-31-36-35-23(37(31)16-15-20-11-7-6-8-12-20)17-33-27(39)21-13-9-10-14-22(21)32/h6-14H,4-5,15-18H2,1-3H3,(H,33,39)(H,34,38). The van der Waals surface area contributed by atoms with Crippen molar-refractivity contribution in [2.75, 3.05) is 24.3 Å². The number of rotatable bonds is 14. The molecule has 0 saturated carbocycles. The molecule has 45 heavy (non-hydrogen) atoms. The summed E-state index contributed by atoms with van der Waals surface area (Å²) in [6.07, 6.45) is 0.626. The summed E-state index contributed by atoms with van der Waals surface area (Å²) in [5.74, 6) is -2.60. The van der Waals surface area contributed by atoms with Gasteiger partial charge in [-0.05, 0) is 50.5 Å². The average Bonchev–Trinajstić information content (AvgIpc) is 3.58. The summed E-state index contributed by atoms with van der Waals surface area (Å²) in [4.78, 5) is 51.1. The van der Waals surface area contributed by atoms with Crippen LogP contribution < -0.4 is 10.6 Å². The number of hydrogen-bond acceptors (Lipinski definition) is 10. The lowest BCUT2D eigenvalue weighted by atomic mass is 10.1. The number of amides is 2. The molecule has 2 amide bonds. The molecule has 0 saturated heterocycles. The molecule has 0 aliphatic rings. The Hall–Kier alpha value is -4.56. The third-order valence-electron chi connectivity index (χ3n) is 6.46. The number of nitrogens with zero attached hydrogens (tertiary/aromatic N) is 3. The highest BCUT2D eigenvalue weighted by Gasteiger charge is 2.27. The van der Waals surface area contributed by atoms with Crippen molar-refractivity contribution in [1.82, 2.24) is 20.1 Å². The van der Waals surface area contributed by atoms with E-state index in [1.54, 1.807) is 31.4 Å². The van der Waals surface area contributed by atoms with Gasteiger partial charge in [0, 0.05) is 6.54 Å². The van der Waals surface area contributed by atoms with E-state index in [0.29, 0.717) is 29.5 Å². The molecular weight excluding hydrogens is 622 g/mol. The predicted octanol–water partition coefficient (Wildman–Crippen LogP) is 5.04. The van der Waals surface area contributed by atoms with Crippen LogP contribution in [0.25, 0.3) is 0 Å². The molecule has 11 nitrogen and oxygen atoms in total. The number of halogens is 1. The van der Waals surface area contributed by atoms with E-state index in [1.807, 2.05) is 30.3 Å². The predicted molar refractivity (Wildman–Crippen MR) is 168 cm³/mol. The first kappa shape index (κ1) is 33.3. The van der Waals surface area contributed by atoms with Gasteiger partial charge in [-0.1, -0.05) is 54.2 Å². The summed E-state index contributed by atoms with van der Waals surface area (Å²) >= 11 is 2.06. The number of nitrogens with one attached hydrogen (secondary N) is 2. The molecule has 2 N–H and O–H groups in total. The van der Waals surface area contributed by atoms with Crippen LogP contribution in [0.15, 0.2) is 59.8 Å². The molecule has 0 bridgehead atoms. The smallest absolute Gasteiger partial charge is 0.348 e. The maximum absolute atomic E-state index is 14.1. The third kappa shape index (κ3) is 8.54. The second kappa shape index (κ2) is 16.0. The first-order valence-corrected chi connectivity index (χ1v) is 15.9. The van der Waals surface area contributed by atoms with Crippen molar-refractivity contribution in [1.29, 1.82) is 0 Å². The fourth-order valence-corrected chi connectivity index (χ4v) is 6.19. The molecule has 236 valence electrons. The number of carbonyl (C=O) groups excluding carboxylic acids is 4. The Kier molecular flexibility index (Phi) is 11.8. The van der Waals surface area contributed by atoms with Crippen molar-refractivity contribution in [3.63, 3.8) is 0 Å². The van der Waals surface area contributed by atoms with Gasteiger partial charge in [-0.25, -0.2) is 14.0 Å². The zero-order valence-electron chi connectivity index (χ0n) is 24.9. The highest BCUT2D eigenvalue weighted by molar-refractivity contribution is 7.99. The lowest BCUT2D eigenvalue weighted by Crippen LogP contribution is -2.26. The van der Waals surface area contributed by atoms with E-state index >= 15 is 0 Å². The summed E-state index contributed by atoms with van der Waals surface area (Å²) in [7, 11) is 0. The zero-order valence-corrected chi connectivity index (χ0v) is 26.6. The van der Waals surface area contributed by atoms with Crippen molar-refractivity contribution in [3.05, 3.63) is 93.4 Å². The first-order chi connectivity index (χ1) is 21.7. The highest BCUT2D eigenvalue weighted by Crippen LogP contribution is 2.34. The number of anilines is 1. The highest BCUT2D eigenvalue weighted by atomic mass is 32.2. The van der Waals surface area contributed by atoms with Gasteiger partial charge in [0.1, 0.15) is 15.7 Å². The number of carbonyl (C=O) groups is 4. The molecule has 2 aromatic carbocycles. The SMILES string of the molecule is CCOC(=O)c1sc(NC(=O)CSc2nnc(CNC(=O)c3ccccc3F)n2CCc2ccccc2)c(C(=O)OCC)c1C. The van der Waals surface area contributed by atoms with Crippen molar-refractivity contribution in [2.45, 2.75) is 45.4 Å². The van der Waals surface area contributed by atoms with Gasteiger partial charge in [0.2, 0.25) is 5.91 Å². The molecule has 0 aliphatic carbocycles. The van der Waals surface area contributed by atoms with Crippen LogP contribution in [0.2, 0.25) is 0 Å². The van der Waals surface area contributed by atoms with E-state index in [2.05, 4.69) is 20.8 Å². The molecule has 0 unspecified atom stereocenters. The molecule has 4 rings (SSSR count). The molecule has 0 radical (unpaired) electrons. The van der Waals surface area contributed by atoms with Crippen LogP contribution in [0.4, 0.5) is 9.39 Å². The van der Waals surface area contributed by atoms with Crippen LogP contribution >= 0.6 is 23.1 Å². The van der Waals surface area contributed by atoms with Gasteiger partial charge in [0.15, 0.2) is 11.0 Å². The summed E-state index contributed by atoms with van der Waals surface area (Å²) in [5, 5.41) is 14.5. The first-order valence-electron chi connectivity index (χ1n) is 14.1. The number of thiophene rings is 1. The number of ether oxygens (including phenoxy) is 2. The summed E-state index contributed by atoms with van der Waals surface area (Å²) in [6, 6.07) is 15.4. The number of esters is 2. The molecule has 14 heteroatoms. The Morgan fingerprint density at radius 3 is 2.36 bits per heavy atom. The van der Waals surface area contributed by atoms with E-state index in [4.69, 9.17) is 9.47 Å². The maximum Gasteiger partial charge on any atom is 0.348 e. The van der Waals surface area contributed by atoms with Crippen molar-refractivity contribution < 1.29 is 33.0 Å². The largest absolute Gasteiger partial charge is 0.462 e. The van der Waals surface area contributed by atoms with Crippen molar-refractivity contribution in [3.8, 4) is 0 Å². The number of hydrogen-bond donors (Lipinski definition) is 2. The van der Waals surface area contributed by atoms with E-state index in [9.17, 15) is 23.6 Å². The molecular formula is C31H32FN5O6S2. The molecule has 0 aliphatic heterocycles. The minimum atomic E-state index is -0.660. The van der Waals surface area contributed by atoms with E-state index in [-0.39, 0.29) is 46.5 Å². The Morgan fingerprint density at radius 2 is 1.64 bits per heavy atom. The number of aromatic nitrogens is 3. The monoisotopic (exact) mass is 653 g/mol. The Morgan fingerprint density at radius 1 is 0.956 bits per heavy atom. The Labute approximate surface area is 267 Å². The minimum absolute atomic E-state index is 0.0181. The average molecular weight is 654 g/mol. The van der Waals surface area contributed by atoms with Crippen LogP contribution in [0.1, 0.15) is 61.2 Å². The summed E-state index contributed by atoms with van der Waals surface area (Å²) < 4.78 is 26.2. The normalized spacial score (nSPS) is 10.8. The second-order valence-electron chi connectivity index (χ2n) is 9.49. The van der Waals surface area contributed by atoms with Crippen molar-refractivity contribution in [2.24, 2.45) is 0 Å². The van der Waals surface area contributed by atoms with Crippen LogP contribution in [-0.2, 0) is 33.8 Å². The molecule has 0 atom stereocenters. The lowest BCUT2D eigenvalue weighted by Gasteiger charge is -2.12. The molecule has 0 fully saturated rings. The van der Waals surface area contributed by atoms with Gasteiger partial charge < -0.3 is 24.7 Å². The molecule has 0 spiro atoms. The van der Waals surface area contributed by atoms with Gasteiger partial charge >= 0.3 is 11.9 Å². The fourth-order valence-electron chi connectivity index (χ4n) is 4.30. The number of thioether (sulfide) groups is 1. The Bertz CT molecular complexity index is 1670. The maximum atomic E-state index is 14.1.